The van der Waals surface area contributed by atoms with Crippen molar-refractivity contribution in [3.63, 3.8) is 0 Å². The third-order valence-corrected chi connectivity index (χ3v) is 12.3. The Balaban J connectivity index is 0.000000285. The van der Waals surface area contributed by atoms with Gasteiger partial charge in [-0.15, -0.1) is 0 Å². The van der Waals surface area contributed by atoms with E-state index in [1.165, 1.54) is 0 Å². The molecule has 394 valence electrons. The van der Waals surface area contributed by atoms with Crippen molar-refractivity contribution >= 4 is 55.8 Å². The van der Waals surface area contributed by atoms with Crippen molar-refractivity contribution in [2.75, 3.05) is 13.2 Å². The predicted octanol–water partition coefficient (Wildman–Crippen LogP) is 10.0. The van der Waals surface area contributed by atoms with Crippen molar-refractivity contribution in [1.82, 2.24) is 16.0 Å². The van der Waals surface area contributed by atoms with Crippen molar-refractivity contribution in [2.24, 2.45) is 17.6 Å². The summed E-state index contributed by atoms with van der Waals surface area (Å²) in [5, 5.41) is 25.1. The lowest BCUT2D eigenvalue weighted by Crippen LogP contribution is -2.52. The maximum absolute atomic E-state index is 13.1. The van der Waals surface area contributed by atoms with Gasteiger partial charge in [-0.25, -0.2) is 19.2 Å². The molecule has 0 radical (unpaired) electrons. The molecule has 0 bridgehead atoms. The monoisotopic (exact) mass is 1050 g/mol. The average molecular weight is 1050 g/mol. The summed E-state index contributed by atoms with van der Waals surface area (Å²) in [6.45, 7) is 11.8. The van der Waals surface area contributed by atoms with E-state index >= 15 is 0 Å². The number of rotatable bonds is 19. The van der Waals surface area contributed by atoms with Gasteiger partial charge >= 0.3 is 30.1 Å². The Bertz CT molecular complexity index is 2600. The SMILES string of the molecule is CC(C)C[C@H](N)C(=O)O.CC[C@H](NC(=O)OCC1c2ccccc2-c2ccccc21)C(=O)NC(CC(C)C)C(=O)OCc1ccccc1.CC[C@H](NC(=O)OCC1c2ccccc2-c2ccccc21)C(=O)O.[3H]P=S. The van der Waals surface area contributed by atoms with Crippen LogP contribution in [0.2, 0.25) is 0 Å². The summed E-state index contributed by atoms with van der Waals surface area (Å²) in [6.07, 6.45) is 0.232. The second-order valence-corrected chi connectivity index (χ2v) is 18.6. The number of alkyl carbamates (subject to hydrolysis) is 2. The molecule has 2 aliphatic rings. The maximum Gasteiger partial charge on any atom is 0.407 e. The molecular weight excluding hydrogens is 980 g/mol. The van der Waals surface area contributed by atoms with Gasteiger partial charge in [0.25, 0.3) is 0 Å². The van der Waals surface area contributed by atoms with E-state index in [4.69, 9.17) is 31.4 Å². The van der Waals surface area contributed by atoms with Crippen molar-refractivity contribution in [3.8, 4) is 22.3 Å². The van der Waals surface area contributed by atoms with Gasteiger partial charge in [0.05, 0.1) is 0 Å². The van der Waals surface area contributed by atoms with Gasteiger partial charge in [-0.1, -0.05) is 181 Å². The van der Waals surface area contributed by atoms with E-state index in [0.29, 0.717) is 31.6 Å². The van der Waals surface area contributed by atoms with Crippen LogP contribution in [0.5, 0.6) is 0 Å². The molecule has 2 aliphatic carbocycles. The van der Waals surface area contributed by atoms with Crippen LogP contribution in [0, 0.1) is 11.8 Å². The molecule has 0 aliphatic heterocycles. The minimum Gasteiger partial charge on any atom is -0.480 e. The predicted molar refractivity (Wildman–Crippen MR) is 291 cm³/mol. The fourth-order valence-corrected chi connectivity index (χ4v) is 8.65. The topological polar surface area (TPSA) is 233 Å². The number of aliphatic carboxylic acids is 2. The Labute approximate surface area is 442 Å². The number of benzene rings is 5. The van der Waals surface area contributed by atoms with E-state index < -0.39 is 60.2 Å². The second-order valence-electron chi connectivity index (χ2n) is 18.6. The standard InChI is InChI=1S/C32H36N2O5.C19H19NO4.C6H13NO2.HPS/c1-4-28(30(35)33-29(18-21(2)3)31(36)38-19-22-12-6-5-7-13-22)34-32(37)39-20-27-25-16-10-8-14-23(25)24-15-9-11-17-26(24)27;1-2-17(18(21)22)20-19(23)24-11-16-14-9-5-3-7-12(14)13-8-4-6-10-15(13)16;1-4(2)3-5(7)6(8)9;1-2/h5-17,21,27-29H,4,18-20H2,1-3H3,(H,33,35)(H,34,37);3-10,16-17H,2,11H2,1H3,(H,20,23)(H,21,22);4-5H,3,7H2,1-2H3,(H,8,9);1H/t28-,29?;17-;5-;/m000./s1/i;;;1T. The summed E-state index contributed by atoms with van der Waals surface area (Å²) >= 11 is 4.03. The minimum atomic E-state index is -1.06. The number of hydrogen-bond acceptors (Lipinski definition) is 11. The third-order valence-electron chi connectivity index (χ3n) is 12.3. The van der Waals surface area contributed by atoms with Crippen molar-refractivity contribution in [1.29, 1.82) is 1.28 Å². The quantitative estimate of drug-likeness (QED) is 0.0257. The first kappa shape index (κ1) is 57.9. The Morgan fingerprint density at radius 1 is 0.568 bits per heavy atom. The molecule has 7 N–H and O–H groups in total. The van der Waals surface area contributed by atoms with E-state index in [1.54, 1.807) is 13.8 Å². The number of hydrogen-bond donors (Lipinski definition) is 6. The number of fused-ring (bicyclic) bond motifs is 6. The van der Waals surface area contributed by atoms with Crippen LogP contribution in [0.4, 0.5) is 9.59 Å². The molecule has 15 nitrogen and oxygen atoms in total. The van der Waals surface area contributed by atoms with E-state index in [0.717, 1.165) is 50.1 Å². The molecule has 0 saturated heterocycles. The molecule has 17 heteroatoms. The normalized spacial score (nSPS) is 13.6. The zero-order valence-electron chi connectivity index (χ0n) is 43.7. The summed E-state index contributed by atoms with van der Waals surface area (Å²) in [5.74, 6) is -2.54. The second kappa shape index (κ2) is 30.3. The maximum atomic E-state index is 13.1. The third kappa shape index (κ3) is 17.3. The van der Waals surface area contributed by atoms with Gasteiger partial charge in [0.1, 0.15) is 45.3 Å². The van der Waals surface area contributed by atoms with Crippen molar-refractivity contribution in [2.45, 2.75) is 110 Å². The molecule has 3 amide bonds. The molecule has 5 aromatic carbocycles. The Morgan fingerprint density at radius 2 is 0.946 bits per heavy atom. The fraction of sp³-hybridized carbons (Fsp3) is 0.368. The van der Waals surface area contributed by atoms with Crippen LogP contribution in [0.15, 0.2) is 127 Å². The molecule has 4 atom stereocenters. The highest BCUT2D eigenvalue weighted by atomic mass is 32.4. The van der Waals surface area contributed by atoms with Gasteiger partial charge in [0, 0.05) is 11.8 Å². The summed E-state index contributed by atoms with van der Waals surface area (Å²) in [7, 11) is 0.250. The van der Waals surface area contributed by atoms with Crippen molar-refractivity contribution < 1.29 is 53.2 Å². The number of nitrogens with one attached hydrogen (secondary N) is 3. The first-order chi connectivity index (χ1) is 35.9. The number of ether oxygens (including phenoxy) is 3. The highest BCUT2D eigenvalue weighted by Gasteiger charge is 2.32. The molecule has 5 aromatic rings. The number of carboxylic acid groups (broad SMARTS) is 2. The van der Waals surface area contributed by atoms with E-state index in [2.05, 4.69) is 64.2 Å². The van der Waals surface area contributed by atoms with Gasteiger partial charge in [-0.05, 0) is 95.6 Å². The van der Waals surface area contributed by atoms with Gasteiger partial charge in [-0.2, -0.15) is 0 Å². The fourth-order valence-electron chi connectivity index (χ4n) is 8.65. The highest BCUT2D eigenvalue weighted by Crippen LogP contribution is 2.45. The molecule has 74 heavy (non-hydrogen) atoms. The molecule has 7 rings (SSSR count). The first-order valence-corrected chi connectivity index (χ1v) is 26.1. The van der Waals surface area contributed by atoms with Gasteiger partial charge < -0.3 is 46.1 Å². The van der Waals surface area contributed by atoms with Crippen LogP contribution in [0.1, 0.15) is 107 Å². The van der Waals surface area contributed by atoms with Crippen LogP contribution in [0.25, 0.3) is 22.3 Å². The molecule has 0 aromatic heterocycles. The lowest BCUT2D eigenvalue weighted by molar-refractivity contribution is -0.149. The Hall–Kier alpha value is -7.00. The number of amides is 3. The van der Waals surface area contributed by atoms with Gasteiger partial charge in [0.2, 0.25) is 5.91 Å². The first-order valence-electron chi connectivity index (χ1n) is 25.1. The highest BCUT2D eigenvalue weighted by molar-refractivity contribution is 7.88. The van der Waals surface area contributed by atoms with Crippen LogP contribution < -0.4 is 21.7 Å². The number of carbonyl (C=O) groups excluding carboxylic acids is 4. The van der Waals surface area contributed by atoms with E-state index in [-0.39, 0.29) is 45.5 Å². The molecule has 0 fully saturated rings. The smallest absolute Gasteiger partial charge is 0.407 e. The molecular formula is C57H69N4O11PS. The number of carbonyl (C=O) groups is 6. The van der Waals surface area contributed by atoms with E-state index in [1.807, 2.05) is 119 Å². The largest absolute Gasteiger partial charge is 0.480 e. The van der Waals surface area contributed by atoms with Crippen LogP contribution >= 0.6 is 7.96 Å². The Morgan fingerprint density at radius 3 is 1.30 bits per heavy atom. The van der Waals surface area contributed by atoms with Crippen molar-refractivity contribution in [3.05, 3.63) is 155 Å². The Kier molecular flexibility index (Phi) is 23.7. The molecule has 0 heterocycles. The number of carboxylic acids is 2. The molecule has 0 spiro atoms. The van der Waals surface area contributed by atoms with Gasteiger partial charge in [-0.3, -0.25) is 9.59 Å². The van der Waals surface area contributed by atoms with Gasteiger partial charge in [0.15, 0.2) is 0 Å². The molecule has 1 unspecified atom stereocenters. The lowest BCUT2D eigenvalue weighted by Gasteiger charge is -2.23. The zero-order chi connectivity index (χ0) is 55.0. The molecule has 0 saturated carbocycles. The summed E-state index contributed by atoms with van der Waals surface area (Å²) < 4.78 is 22.4. The van der Waals surface area contributed by atoms with Crippen LogP contribution in [0.3, 0.4) is 0 Å². The summed E-state index contributed by atoms with van der Waals surface area (Å²) in [6, 6.07) is 38.4. The van der Waals surface area contributed by atoms with Crippen LogP contribution in [-0.2, 0) is 51.8 Å². The summed E-state index contributed by atoms with van der Waals surface area (Å²) in [4.78, 5) is 71.6. The number of esters is 1. The summed E-state index contributed by atoms with van der Waals surface area (Å²) in [5.41, 5.74) is 15.1. The van der Waals surface area contributed by atoms with E-state index in [9.17, 15) is 28.8 Å². The zero-order valence-corrected chi connectivity index (χ0v) is 44.4. The minimum absolute atomic E-state index is 0.0342. The lowest BCUT2D eigenvalue weighted by atomic mass is 9.98. The average Bonchev–Trinajstić information content (AvgIpc) is 3.89. The van der Waals surface area contributed by atoms with Crippen LogP contribution in [-0.4, -0.2) is 84.9 Å². The number of nitrogens with two attached hydrogens (primary N) is 1.